The van der Waals surface area contributed by atoms with Gasteiger partial charge in [0.15, 0.2) is 0 Å². The summed E-state index contributed by atoms with van der Waals surface area (Å²) < 4.78 is 0. The van der Waals surface area contributed by atoms with Crippen LogP contribution in [0.4, 0.5) is 0 Å². The third-order valence-electron chi connectivity index (χ3n) is 2.75. The monoisotopic (exact) mass is 236 g/mol. The highest BCUT2D eigenvalue weighted by molar-refractivity contribution is 5.76. The smallest absolute Gasteiger partial charge is 0.221 e. The van der Waals surface area contributed by atoms with Crippen molar-refractivity contribution in [2.75, 3.05) is 0 Å². The van der Waals surface area contributed by atoms with Gasteiger partial charge in [-0.15, -0.1) is 0 Å². The molecule has 1 amide bonds. The molecular formula is C13H20N2O2. The van der Waals surface area contributed by atoms with Gasteiger partial charge in [-0.05, 0) is 12.0 Å². The van der Waals surface area contributed by atoms with E-state index in [0.717, 1.165) is 0 Å². The summed E-state index contributed by atoms with van der Waals surface area (Å²) in [5.74, 6) is 0.390. The molecule has 0 saturated heterocycles. The predicted octanol–water partition coefficient (Wildman–Crippen LogP) is 1.38. The Hall–Kier alpha value is -1.55. The van der Waals surface area contributed by atoms with E-state index in [1.807, 2.05) is 19.9 Å². The Kier molecular flexibility index (Phi) is 4.97. The third kappa shape index (κ3) is 4.44. The molecule has 1 atom stereocenters. The number of phenols is 1. The van der Waals surface area contributed by atoms with Gasteiger partial charge in [0.2, 0.25) is 5.91 Å². The molecule has 0 aliphatic carbocycles. The van der Waals surface area contributed by atoms with Gasteiger partial charge < -0.3 is 16.2 Å². The van der Waals surface area contributed by atoms with E-state index in [1.165, 1.54) is 0 Å². The summed E-state index contributed by atoms with van der Waals surface area (Å²) >= 11 is 0. The largest absolute Gasteiger partial charge is 0.508 e. The van der Waals surface area contributed by atoms with Crippen molar-refractivity contribution in [1.29, 1.82) is 0 Å². The van der Waals surface area contributed by atoms with E-state index in [-0.39, 0.29) is 23.6 Å². The third-order valence-corrected chi connectivity index (χ3v) is 2.75. The summed E-state index contributed by atoms with van der Waals surface area (Å²) in [6.45, 7) is 4.30. The molecule has 0 aliphatic rings. The number of aromatic hydroxyl groups is 1. The second-order valence-electron chi connectivity index (χ2n) is 4.52. The van der Waals surface area contributed by atoms with E-state index in [2.05, 4.69) is 5.32 Å². The number of phenolic OH excluding ortho intramolecular Hbond substituents is 1. The lowest BCUT2D eigenvalue weighted by molar-refractivity contribution is -0.121. The van der Waals surface area contributed by atoms with Gasteiger partial charge in [0.25, 0.3) is 0 Å². The fourth-order valence-electron chi connectivity index (χ4n) is 1.38. The number of nitrogens with two attached hydrogens (primary N) is 1. The topological polar surface area (TPSA) is 75.4 Å². The normalized spacial score (nSPS) is 12.5. The number of carbonyl (C=O) groups excluding carboxylic acids is 1. The molecule has 0 heterocycles. The number of hydrogen-bond donors (Lipinski definition) is 3. The average molecular weight is 236 g/mol. The molecule has 1 rings (SSSR count). The van der Waals surface area contributed by atoms with Gasteiger partial charge in [-0.1, -0.05) is 32.0 Å². The van der Waals surface area contributed by atoms with Crippen LogP contribution in [0.1, 0.15) is 25.8 Å². The molecule has 17 heavy (non-hydrogen) atoms. The van der Waals surface area contributed by atoms with E-state index in [0.29, 0.717) is 18.5 Å². The van der Waals surface area contributed by atoms with Crippen LogP contribution in [0.2, 0.25) is 0 Å². The van der Waals surface area contributed by atoms with Crippen molar-refractivity contribution < 1.29 is 9.90 Å². The van der Waals surface area contributed by atoms with Crippen LogP contribution in [0.25, 0.3) is 0 Å². The molecule has 0 bridgehead atoms. The van der Waals surface area contributed by atoms with Crippen molar-refractivity contribution in [1.82, 2.24) is 5.32 Å². The number of rotatable bonds is 5. The van der Waals surface area contributed by atoms with E-state index in [4.69, 9.17) is 5.73 Å². The van der Waals surface area contributed by atoms with Crippen molar-refractivity contribution in [2.45, 2.75) is 32.9 Å². The van der Waals surface area contributed by atoms with E-state index in [9.17, 15) is 9.90 Å². The second kappa shape index (κ2) is 6.25. The molecule has 4 heteroatoms. The van der Waals surface area contributed by atoms with Gasteiger partial charge in [-0.3, -0.25) is 4.79 Å². The van der Waals surface area contributed by atoms with Crippen molar-refractivity contribution in [3.63, 3.8) is 0 Å². The number of benzene rings is 1. The predicted molar refractivity (Wildman–Crippen MR) is 67.4 cm³/mol. The van der Waals surface area contributed by atoms with Gasteiger partial charge in [-0.2, -0.15) is 0 Å². The van der Waals surface area contributed by atoms with Crippen LogP contribution >= 0.6 is 0 Å². The molecule has 94 valence electrons. The summed E-state index contributed by atoms with van der Waals surface area (Å²) in [6.07, 6.45) is 0.311. The lowest BCUT2D eigenvalue weighted by atomic mass is 10.0. The summed E-state index contributed by atoms with van der Waals surface area (Å²) in [4.78, 5) is 11.6. The van der Waals surface area contributed by atoms with Gasteiger partial charge in [0.1, 0.15) is 5.75 Å². The first-order chi connectivity index (χ1) is 8.00. The highest BCUT2D eigenvalue weighted by Crippen LogP contribution is 2.14. The second-order valence-corrected chi connectivity index (χ2v) is 4.52. The number of carbonyl (C=O) groups is 1. The van der Waals surface area contributed by atoms with E-state index in [1.54, 1.807) is 18.2 Å². The van der Waals surface area contributed by atoms with Crippen molar-refractivity contribution >= 4 is 5.91 Å². The van der Waals surface area contributed by atoms with Crippen LogP contribution in [-0.2, 0) is 11.3 Å². The first-order valence-electron chi connectivity index (χ1n) is 5.80. The maximum atomic E-state index is 11.6. The molecule has 1 unspecified atom stereocenters. The first kappa shape index (κ1) is 13.5. The Bertz CT molecular complexity index is 377. The molecule has 1 aromatic carbocycles. The SMILES string of the molecule is CC(C)C(N)CC(=O)NCc1ccccc1O. The zero-order valence-electron chi connectivity index (χ0n) is 10.3. The minimum Gasteiger partial charge on any atom is -0.508 e. The van der Waals surface area contributed by atoms with Crippen molar-refractivity contribution in [3.05, 3.63) is 29.8 Å². The van der Waals surface area contributed by atoms with Crippen LogP contribution in [0.3, 0.4) is 0 Å². The molecule has 0 aromatic heterocycles. The zero-order chi connectivity index (χ0) is 12.8. The number of hydrogen-bond acceptors (Lipinski definition) is 3. The highest BCUT2D eigenvalue weighted by atomic mass is 16.3. The lowest BCUT2D eigenvalue weighted by Gasteiger charge is -2.15. The minimum absolute atomic E-state index is 0.0885. The van der Waals surface area contributed by atoms with Gasteiger partial charge in [-0.25, -0.2) is 0 Å². The number of amides is 1. The summed E-state index contributed by atoms with van der Waals surface area (Å²) in [5.41, 5.74) is 6.51. The zero-order valence-corrected chi connectivity index (χ0v) is 10.3. The highest BCUT2D eigenvalue weighted by Gasteiger charge is 2.12. The van der Waals surface area contributed by atoms with E-state index < -0.39 is 0 Å². The van der Waals surface area contributed by atoms with Gasteiger partial charge in [0.05, 0.1) is 0 Å². The van der Waals surface area contributed by atoms with Crippen molar-refractivity contribution in [3.8, 4) is 5.75 Å². The van der Waals surface area contributed by atoms with Crippen LogP contribution < -0.4 is 11.1 Å². The van der Waals surface area contributed by atoms with Crippen molar-refractivity contribution in [2.24, 2.45) is 11.7 Å². The van der Waals surface area contributed by atoms with Gasteiger partial charge >= 0.3 is 0 Å². The molecule has 4 N–H and O–H groups in total. The quantitative estimate of drug-likeness (QED) is 0.723. The van der Waals surface area contributed by atoms with Crippen LogP contribution in [0.5, 0.6) is 5.75 Å². The Labute approximate surface area is 102 Å². The molecule has 1 aromatic rings. The molecule has 0 spiro atoms. The molecule has 4 nitrogen and oxygen atoms in total. The molecule has 0 fully saturated rings. The first-order valence-corrected chi connectivity index (χ1v) is 5.80. The Morgan fingerprint density at radius 2 is 2.06 bits per heavy atom. The minimum atomic E-state index is -0.126. The molecule has 0 saturated carbocycles. The molecule has 0 radical (unpaired) electrons. The molecular weight excluding hydrogens is 216 g/mol. The fourth-order valence-corrected chi connectivity index (χ4v) is 1.38. The Morgan fingerprint density at radius 1 is 1.41 bits per heavy atom. The molecule has 0 aliphatic heterocycles. The van der Waals surface area contributed by atoms with Gasteiger partial charge in [0, 0.05) is 24.6 Å². The maximum absolute atomic E-state index is 11.6. The van der Waals surface area contributed by atoms with Crippen LogP contribution in [0, 0.1) is 5.92 Å². The Morgan fingerprint density at radius 3 is 2.65 bits per heavy atom. The Balaban J connectivity index is 2.41. The maximum Gasteiger partial charge on any atom is 0.221 e. The average Bonchev–Trinajstić information content (AvgIpc) is 2.27. The standard InChI is InChI=1S/C13H20N2O2/c1-9(2)11(14)7-13(17)15-8-10-5-3-4-6-12(10)16/h3-6,9,11,16H,7-8,14H2,1-2H3,(H,15,17). The van der Waals surface area contributed by atoms with E-state index >= 15 is 0 Å². The fraction of sp³-hybridized carbons (Fsp3) is 0.462. The summed E-state index contributed by atoms with van der Waals surface area (Å²) in [7, 11) is 0. The summed E-state index contributed by atoms with van der Waals surface area (Å²) in [6, 6.07) is 6.81. The number of nitrogens with one attached hydrogen (secondary N) is 1. The summed E-state index contributed by atoms with van der Waals surface area (Å²) in [5, 5.41) is 12.3. The van der Waals surface area contributed by atoms with Crippen LogP contribution in [-0.4, -0.2) is 17.1 Å². The van der Waals surface area contributed by atoms with Crippen LogP contribution in [0.15, 0.2) is 24.3 Å². The lowest BCUT2D eigenvalue weighted by Crippen LogP contribution is -2.34. The number of para-hydroxylation sites is 1.